The number of nitrogens with zero attached hydrogens (tertiary/aromatic N) is 3. The molecule has 0 spiro atoms. The van der Waals surface area contributed by atoms with Crippen LogP contribution >= 0.6 is 11.8 Å². The first kappa shape index (κ1) is 29.7. The molecule has 0 saturated heterocycles. The third-order valence-corrected chi connectivity index (χ3v) is 6.74. The molecule has 182 valence electrons. The van der Waals surface area contributed by atoms with Crippen LogP contribution in [0.3, 0.4) is 0 Å². The average Bonchev–Trinajstić information content (AvgIpc) is 2.73. The highest BCUT2D eigenvalue weighted by atomic mass is 32.2. The summed E-state index contributed by atoms with van der Waals surface area (Å²) in [6, 6.07) is -1.47. The van der Waals surface area contributed by atoms with Crippen LogP contribution in [0, 0.1) is 0 Å². The Morgan fingerprint density at radius 2 is 1.61 bits per heavy atom. The molecule has 31 heavy (non-hydrogen) atoms. The third-order valence-electron chi connectivity index (χ3n) is 5.71. The number of likely N-dealkylation sites (N-methyl/N-ethyl adjacent to an activating group) is 2. The smallest absolute Gasteiger partial charge is 0.246 e. The number of thioether (sulfide) groups is 1. The summed E-state index contributed by atoms with van der Waals surface area (Å²) in [4.78, 5) is 43.3. The van der Waals surface area contributed by atoms with Crippen molar-refractivity contribution in [2.75, 3.05) is 52.3 Å². The molecule has 0 saturated carbocycles. The van der Waals surface area contributed by atoms with E-state index in [1.54, 1.807) is 33.0 Å². The molecule has 2 atom stereocenters. The summed E-state index contributed by atoms with van der Waals surface area (Å²) in [5.41, 5.74) is 5.01. The maximum atomic E-state index is 13.4. The second kappa shape index (κ2) is 14.7. The quantitative estimate of drug-likeness (QED) is 0.353. The fourth-order valence-corrected chi connectivity index (χ4v) is 4.35. The number of rotatable bonds is 16. The van der Waals surface area contributed by atoms with Crippen LogP contribution in [-0.4, -0.2) is 102 Å². The Morgan fingerprint density at radius 3 is 2.06 bits per heavy atom. The molecule has 0 aromatic carbocycles. The zero-order valence-corrected chi connectivity index (χ0v) is 21.6. The van der Waals surface area contributed by atoms with E-state index >= 15 is 0 Å². The van der Waals surface area contributed by atoms with Crippen LogP contribution in [0.1, 0.15) is 53.9 Å². The van der Waals surface area contributed by atoms with Crippen molar-refractivity contribution in [1.82, 2.24) is 14.7 Å². The van der Waals surface area contributed by atoms with Gasteiger partial charge in [-0.1, -0.05) is 20.8 Å². The van der Waals surface area contributed by atoms with Gasteiger partial charge in [0.25, 0.3) is 0 Å². The maximum Gasteiger partial charge on any atom is 0.246 e. The summed E-state index contributed by atoms with van der Waals surface area (Å²) in [6.45, 7) is 12.8. The number of hydrogen-bond acceptors (Lipinski definition) is 6. The van der Waals surface area contributed by atoms with Crippen molar-refractivity contribution in [1.29, 1.82) is 0 Å². The lowest BCUT2D eigenvalue weighted by Crippen LogP contribution is -2.56. The number of amides is 3. The molecule has 0 radical (unpaired) electrons. The molecule has 0 aromatic heterocycles. The van der Waals surface area contributed by atoms with Crippen molar-refractivity contribution < 1.29 is 19.1 Å². The fraction of sp³-hybridized carbons (Fsp3) is 0.864. The van der Waals surface area contributed by atoms with Crippen molar-refractivity contribution in [3.8, 4) is 0 Å². The van der Waals surface area contributed by atoms with Crippen LogP contribution < -0.4 is 5.73 Å². The topological polar surface area (TPSA) is 96.2 Å². The second-order valence-electron chi connectivity index (χ2n) is 8.41. The first-order valence-electron chi connectivity index (χ1n) is 11.1. The molecule has 0 bridgehead atoms. The van der Waals surface area contributed by atoms with Crippen LogP contribution in [0.2, 0.25) is 0 Å². The lowest BCUT2D eigenvalue weighted by atomic mass is 9.97. The first-order valence-corrected chi connectivity index (χ1v) is 12.3. The Balaban J connectivity index is 5.48. The molecule has 0 aliphatic heterocycles. The van der Waals surface area contributed by atoms with Crippen LogP contribution in [0.4, 0.5) is 0 Å². The minimum atomic E-state index is -0.819. The standard InChI is InChI=1S/C22H44N4O4S/c1-9-12-19(27)24(6)18(16-31-14-13-26(10-2)11-3)21(29)25(7)17(20(23)28)15-22(4,5)30-8/h17-18H,9-16H2,1-8H3,(H2,23,28)/t17-,18+/m0/s1. The predicted molar refractivity (Wildman–Crippen MR) is 128 cm³/mol. The molecule has 3 amide bonds. The molecule has 8 nitrogen and oxygen atoms in total. The third kappa shape index (κ3) is 10.2. The lowest BCUT2D eigenvalue weighted by molar-refractivity contribution is -0.147. The van der Waals surface area contributed by atoms with Crippen molar-refractivity contribution in [2.24, 2.45) is 5.73 Å². The van der Waals surface area contributed by atoms with Crippen LogP contribution in [0.15, 0.2) is 0 Å². The summed E-state index contributed by atoms with van der Waals surface area (Å²) in [5, 5.41) is 0. The molecular formula is C22H44N4O4S. The highest BCUT2D eigenvalue weighted by Crippen LogP contribution is 2.21. The van der Waals surface area contributed by atoms with E-state index in [4.69, 9.17) is 10.5 Å². The van der Waals surface area contributed by atoms with E-state index in [0.29, 0.717) is 18.6 Å². The SMILES string of the molecule is CCCC(=O)N(C)[C@H](CSCCN(CC)CC)C(=O)N(C)[C@@H](CC(C)(C)OC)C(N)=O. The van der Waals surface area contributed by atoms with E-state index < -0.39 is 23.6 Å². The van der Waals surface area contributed by atoms with E-state index in [1.165, 1.54) is 9.80 Å². The molecule has 0 unspecified atom stereocenters. The molecular weight excluding hydrogens is 416 g/mol. The van der Waals surface area contributed by atoms with Crippen LogP contribution in [-0.2, 0) is 19.1 Å². The number of primary amides is 1. The normalized spacial score (nSPS) is 13.7. The van der Waals surface area contributed by atoms with E-state index in [9.17, 15) is 14.4 Å². The second-order valence-corrected chi connectivity index (χ2v) is 9.56. The first-order chi connectivity index (χ1) is 14.4. The minimum Gasteiger partial charge on any atom is -0.379 e. The molecule has 0 aromatic rings. The Morgan fingerprint density at radius 1 is 1.03 bits per heavy atom. The molecule has 2 N–H and O–H groups in total. The van der Waals surface area contributed by atoms with Crippen molar-refractivity contribution in [3.63, 3.8) is 0 Å². The summed E-state index contributed by atoms with van der Waals surface area (Å²) < 4.78 is 5.43. The highest BCUT2D eigenvalue weighted by Gasteiger charge is 2.36. The molecule has 0 aliphatic rings. The van der Waals surface area contributed by atoms with Gasteiger partial charge in [0.05, 0.1) is 5.60 Å². The van der Waals surface area contributed by atoms with Gasteiger partial charge in [0.2, 0.25) is 17.7 Å². The zero-order chi connectivity index (χ0) is 24.2. The number of nitrogens with two attached hydrogens (primary N) is 1. The van der Waals surface area contributed by atoms with Gasteiger partial charge < -0.3 is 25.2 Å². The van der Waals surface area contributed by atoms with Gasteiger partial charge >= 0.3 is 0 Å². The number of ether oxygens (including phenoxy) is 1. The van der Waals surface area contributed by atoms with Gasteiger partial charge in [-0.05, 0) is 33.4 Å². The average molecular weight is 461 g/mol. The van der Waals surface area contributed by atoms with E-state index in [0.717, 1.165) is 25.4 Å². The van der Waals surface area contributed by atoms with Crippen molar-refractivity contribution >= 4 is 29.5 Å². The summed E-state index contributed by atoms with van der Waals surface area (Å²) in [5.74, 6) is 0.386. The summed E-state index contributed by atoms with van der Waals surface area (Å²) in [6.07, 6.45) is 1.36. The Hall–Kier alpha value is -1.32. The molecule has 0 aliphatic carbocycles. The number of carbonyl (C=O) groups is 3. The van der Waals surface area contributed by atoms with Gasteiger partial charge in [-0.25, -0.2) is 0 Å². The Kier molecular flexibility index (Phi) is 14.1. The Bertz CT molecular complexity index is 570. The molecule has 0 heterocycles. The van der Waals surface area contributed by atoms with Crippen LogP contribution in [0.5, 0.6) is 0 Å². The lowest BCUT2D eigenvalue weighted by Gasteiger charge is -2.36. The highest BCUT2D eigenvalue weighted by molar-refractivity contribution is 7.99. The molecule has 0 rings (SSSR count). The zero-order valence-electron chi connectivity index (χ0n) is 20.8. The van der Waals surface area contributed by atoms with Crippen molar-refractivity contribution in [3.05, 3.63) is 0 Å². The molecule has 9 heteroatoms. The van der Waals surface area contributed by atoms with Crippen LogP contribution in [0.25, 0.3) is 0 Å². The number of methoxy groups -OCH3 is 1. The Labute approximate surface area is 193 Å². The van der Waals surface area contributed by atoms with Gasteiger partial charge in [0.15, 0.2) is 0 Å². The fourth-order valence-electron chi connectivity index (χ4n) is 3.21. The van der Waals surface area contributed by atoms with Gasteiger partial charge in [0.1, 0.15) is 12.1 Å². The van der Waals surface area contributed by atoms with Gasteiger partial charge in [0, 0.05) is 52.1 Å². The van der Waals surface area contributed by atoms with E-state index in [2.05, 4.69) is 18.7 Å². The maximum absolute atomic E-state index is 13.4. The predicted octanol–water partition coefficient (Wildman–Crippen LogP) is 1.82. The number of carbonyl (C=O) groups excluding carboxylic acids is 3. The van der Waals surface area contributed by atoms with E-state index in [1.807, 2.05) is 20.8 Å². The van der Waals surface area contributed by atoms with Gasteiger partial charge in [-0.2, -0.15) is 11.8 Å². The van der Waals surface area contributed by atoms with Crippen molar-refractivity contribution in [2.45, 2.75) is 71.6 Å². The largest absolute Gasteiger partial charge is 0.379 e. The van der Waals surface area contributed by atoms with E-state index in [-0.39, 0.29) is 18.2 Å². The van der Waals surface area contributed by atoms with Gasteiger partial charge in [-0.3, -0.25) is 14.4 Å². The van der Waals surface area contributed by atoms with Gasteiger partial charge in [-0.15, -0.1) is 0 Å². The number of hydrogen-bond donors (Lipinski definition) is 1. The molecule has 0 fully saturated rings. The summed E-state index contributed by atoms with van der Waals surface area (Å²) >= 11 is 1.64. The summed E-state index contributed by atoms with van der Waals surface area (Å²) in [7, 11) is 4.80. The monoisotopic (exact) mass is 460 g/mol. The minimum absolute atomic E-state index is 0.0774.